The summed E-state index contributed by atoms with van der Waals surface area (Å²) in [5.74, 6) is 1.59. The molecule has 0 saturated carbocycles. The van der Waals surface area contributed by atoms with Crippen molar-refractivity contribution < 1.29 is 0 Å². The van der Waals surface area contributed by atoms with Crippen molar-refractivity contribution in [3.8, 4) is 0 Å². The highest BCUT2D eigenvalue weighted by molar-refractivity contribution is 5.79. The monoisotopic (exact) mass is 318 g/mol. The van der Waals surface area contributed by atoms with Crippen LogP contribution in [0.25, 0.3) is 0 Å². The molecule has 0 aliphatic carbocycles. The van der Waals surface area contributed by atoms with Gasteiger partial charge in [-0.25, -0.2) is 0 Å². The number of rotatable bonds is 9. The molecule has 1 aromatic carbocycles. The fourth-order valence-electron chi connectivity index (χ4n) is 2.49. The zero-order valence-electron chi connectivity index (χ0n) is 15.5. The Hall–Kier alpha value is -1.55. The van der Waals surface area contributed by atoms with E-state index in [1.807, 2.05) is 7.05 Å². The summed E-state index contributed by atoms with van der Waals surface area (Å²) in [5.41, 5.74) is 2.64. The Balaban J connectivity index is 2.50. The Morgan fingerprint density at radius 2 is 1.83 bits per heavy atom. The van der Waals surface area contributed by atoms with Gasteiger partial charge in [0.05, 0.1) is 0 Å². The highest BCUT2D eigenvalue weighted by Crippen LogP contribution is 2.08. The van der Waals surface area contributed by atoms with Crippen molar-refractivity contribution in [2.24, 2.45) is 10.9 Å². The number of guanidine groups is 1. The van der Waals surface area contributed by atoms with E-state index < -0.39 is 0 Å². The first kappa shape index (κ1) is 19.5. The van der Waals surface area contributed by atoms with Crippen LogP contribution >= 0.6 is 0 Å². The summed E-state index contributed by atoms with van der Waals surface area (Å²) in [6.07, 6.45) is 2.40. The largest absolute Gasteiger partial charge is 0.356 e. The van der Waals surface area contributed by atoms with Crippen LogP contribution in [0.3, 0.4) is 0 Å². The number of aliphatic imine (C=N–C) groups is 1. The molecule has 4 heteroatoms. The van der Waals surface area contributed by atoms with Crippen molar-refractivity contribution in [3.63, 3.8) is 0 Å². The maximum Gasteiger partial charge on any atom is 0.191 e. The molecule has 0 radical (unpaired) electrons. The van der Waals surface area contributed by atoms with Gasteiger partial charge >= 0.3 is 0 Å². The van der Waals surface area contributed by atoms with Gasteiger partial charge in [-0.05, 0) is 30.6 Å². The highest BCUT2D eigenvalue weighted by Gasteiger charge is 2.05. The summed E-state index contributed by atoms with van der Waals surface area (Å²) in [4.78, 5) is 6.62. The summed E-state index contributed by atoms with van der Waals surface area (Å²) in [6.45, 7) is 10.5. The standard InChI is InChI=1S/C19H34N4/c1-6-16(7-2)13-21-19(20-4)22-14-17-10-9-11-18(12-17)15-23(5)8-3/h9-12,16H,6-8,13-15H2,1-5H3,(H2,20,21,22). The van der Waals surface area contributed by atoms with E-state index in [-0.39, 0.29) is 0 Å². The zero-order chi connectivity index (χ0) is 17.1. The van der Waals surface area contributed by atoms with Crippen LogP contribution in [-0.4, -0.2) is 38.0 Å². The second-order valence-corrected chi connectivity index (χ2v) is 6.14. The van der Waals surface area contributed by atoms with Gasteiger partial charge < -0.3 is 15.5 Å². The van der Waals surface area contributed by atoms with E-state index in [1.54, 1.807) is 0 Å². The fourth-order valence-corrected chi connectivity index (χ4v) is 2.49. The summed E-state index contributed by atoms with van der Waals surface area (Å²) < 4.78 is 0. The predicted octanol–water partition coefficient (Wildman–Crippen LogP) is 3.24. The molecule has 23 heavy (non-hydrogen) atoms. The molecule has 1 aromatic rings. The van der Waals surface area contributed by atoms with Gasteiger partial charge in [-0.2, -0.15) is 0 Å². The average Bonchev–Trinajstić information content (AvgIpc) is 2.58. The maximum atomic E-state index is 4.31. The van der Waals surface area contributed by atoms with E-state index >= 15 is 0 Å². The average molecular weight is 319 g/mol. The van der Waals surface area contributed by atoms with Crippen molar-refractivity contribution in [3.05, 3.63) is 35.4 Å². The van der Waals surface area contributed by atoms with E-state index in [1.165, 1.54) is 24.0 Å². The summed E-state index contributed by atoms with van der Waals surface area (Å²) in [6, 6.07) is 8.76. The second kappa shape index (κ2) is 11.1. The molecule has 0 saturated heterocycles. The van der Waals surface area contributed by atoms with Gasteiger partial charge in [0.2, 0.25) is 0 Å². The molecule has 0 unspecified atom stereocenters. The molecule has 0 atom stereocenters. The van der Waals surface area contributed by atoms with E-state index in [0.717, 1.165) is 32.1 Å². The molecule has 0 heterocycles. The molecular weight excluding hydrogens is 284 g/mol. The normalized spacial score (nSPS) is 12.0. The molecule has 0 spiro atoms. The predicted molar refractivity (Wildman–Crippen MR) is 101 cm³/mol. The maximum absolute atomic E-state index is 4.31. The SMILES string of the molecule is CCC(CC)CNC(=NC)NCc1cccc(CN(C)CC)c1. The molecule has 2 N–H and O–H groups in total. The molecule has 1 rings (SSSR count). The van der Waals surface area contributed by atoms with Crippen LogP contribution in [0.5, 0.6) is 0 Å². The quantitative estimate of drug-likeness (QED) is 0.542. The molecule has 130 valence electrons. The third kappa shape index (κ3) is 7.51. The second-order valence-electron chi connectivity index (χ2n) is 6.14. The minimum atomic E-state index is 0.710. The van der Waals surface area contributed by atoms with E-state index in [2.05, 4.69) is 72.6 Å². The van der Waals surface area contributed by atoms with Crippen LogP contribution in [0.2, 0.25) is 0 Å². The Labute approximate surface area is 142 Å². The van der Waals surface area contributed by atoms with Crippen LogP contribution in [-0.2, 0) is 13.1 Å². The van der Waals surface area contributed by atoms with Crippen LogP contribution in [0, 0.1) is 5.92 Å². The molecule has 4 nitrogen and oxygen atoms in total. The minimum Gasteiger partial charge on any atom is -0.356 e. The third-order valence-corrected chi connectivity index (χ3v) is 4.38. The summed E-state index contributed by atoms with van der Waals surface area (Å²) in [7, 11) is 3.98. The summed E-state index contributed by atoms with van der Waals surface area (Å²) >= 11 is 0. The lowest BCUT2D eigenvalue weighted by atomic mass is 10.0. The van der Waals surface area contributed by atoms with Crippen LogP contribution in [0.15, 0.2) is 29.3 Å². The van der Waals surface area contributed by atoms with Gasteiger partial charge in [0.25, 0.3) is 0 Å². The first-order valence-corrected chi connectivity index (χ1v) is 8.83. The van der Waals surface area contributed by atoms with Crippen molar-refractivity contribution in [1.82, 2.24) is 15.5 Å². The van der Waals surface area contributed by atoms with Gasteiger partial charge in [-0.1, -0.05) is 57.9 Å². The number of hydrogen-bond donors (Lipinski definition) is 2. The van der Waals surface area contributed by atoms with Crippen LogP contribution in [0.1, 0.15) is 44.7 Å². The minimum absolute atomic E-state index is 0.710. The van der Waals surface area contributed by atoms with Gasteiger partial charge in [0.1, 0.15) is 0 Å². The van der Waals surface area contributed by atoms with Crippen LogP contribution < -0.4 is 10.6 Å². The molecule has 0 aromatic heterocycles. The Morgan fingerprint density at radius 1 is 1.13 bits per heavy atom. The van der Waals surface area contributed by atoms with Gasteiger partial charge in [0, 0.05) is 26.7 Å². The van der Waals surface area contributed by atoms with Gasteiger partial charge in [0.15, 0.2) is 5.96 Å². The molecule has 0 aliphatic rings. The topological polar surface area (TPSA) is 39.7 Å². The summed E-state index contributed by atoms with van der Waals surface area (Å²) in [5, 5.41) is 6.84. The van der Waals surface area contributed by atoms with Crippen molar-refractivity contribution in [1.29, 1.82) is 0 Å². The first-order chi connectivity index (χ1) is 11.1. The van der Waals surface area contributed by atoms with Crippen LogP contribution in [0.4, 0.5) is 0 Å². The number of hydrogen-bond acceptors (Lipinski definition) is 2. The Morgan fingerprint density at radius 3 is 2.43 bits per heavy atom. The zero-order valence-corrected chi connectivity index (χ0v) is 15.5. The van der Waals surface area contributed by atoms with Gasteiger partial charge in [-0.3, -0.25) is 4.99 Å². The molecule has 0 aliphatic heterocycles. The number of nitrogens with zero attached hydrogens (tertiary/aromatic N) is 2. The van der Waals surface area contributed by atoms with E-state index in [0.29, 0.717) is 5.92 Å². The fraction of sp³-hybridized carbons (Fsp3) is 0.632. The Kier molecular flexibility index (Phi) is 9.37. The lowest BCUT2D eigenvalue weighted by Gasteiger charge is -2.17. The molecule has 0 amide bonds. The van der Waals surface area contributed by atoms with Gasteiger partial charge in [-0.15, -0.1) is 0 Å². The third-order valence-electron chi connectivity index (χ3n) is 4.38. The molecule has 0 bridgehead atoms. The number of benzene rings is 1. The van der Waals surface area contributed by atoms with Crippen molar-refractivity contribution in [2.45, 2.75) is 46.7 Å². The number of nitrogens with one attached hydrogen (secondary N) is 2. The lowest BCUT2D eigenvalue weighted by molar-refractivity contribution is 0.345. The highest BCUT2D eigenvalue weighted by atomic mass is 15.2. The van der Waals surface area contributed by atoms with E-state index in [4.69, 9.17) is 0 Å². The smallest absolute Gasteiger partial charge is 0.191 e. The molecular formula is C19H34N4. The van der Waals surface area contributed by atoms with Crippen molar-refractivity contribution >= 4 is 5.96 Å². The molecule has 0 fully saturated rings. The van der Waals surface area contributed by atoms with E-state index in [9.17, 15) is 0 Å². The van der Waals surface area contributed by atoms with Crippen molar-refractivity contribution in [2.75, 3.05) is 27.2 Å². The first-order valence-electron chi connectivity index (χ1n) is 8.83. The Bertz CT molecular complexity index is 466. The lowest BCUT2D eigenvalue weighted by Crippen LogP contribution is -2.39.